The third-order valence-electron chi connectivity index (χ3n) is 4.36. The highest BCUT2D eigenvalue weighted by Gasteiger charge is 2.22. The molecule has 5 heteroatoms. The highest BCUT2D eigenvalue weighted by atomic mass is 35.5. The molecular weight excluding hydrogens is 324 g/mol. The van der Waals surface area contributed by atoms with Gasteiger partial charge in [-0.25, -0.2) is 0 Å². The Bertz CT molecular complexity index is 672. The first-order valence-corrected chi connectivity index (χ1v) is 8.36. The molecule has 1 fully saturated rings. The van der Waals surface area contributed by atoms with E-state index >= 15 is 0 Å². The van der Waals surface area contributed by atoms with Crippen LogP contribution in [0.15, 0.2) is 42.5 Å². The van der Waals surface area contributed by atoms with Crippen molar-refractivity contribution in [1.29, 1.82) is 0 Å². The number of nitrogens with zero attached hydrogens (tertiary/aromatic N) is 1. The van der Waals surface area contributed by atoms with E-state index in [1.54, 1.807) is 0 Å². The van der Waals surface area contributed by atoms with Crippen LogP contribution in [0, 0.1) is 0 Å². The molecule has 1 N–H and O–H groups in total. The number of hydrogen-bond acceptors (Lipinski definition) is 3. The van der Waals surface area contributed by atoms with Crippen molar-refractivity contribution in [3.8, 4) is 5.75 Å². The minimum absolute atomic E-state index is 0. The summed E-state index contributed by atoms with van der Waals surface area (Å²) >= 11 is 0. The van der Waals surface area contributed by atoms with E-state index in [1.165, 1.54) is 5.39 Å². The van der Waals surface area contributed by atoms with Crippen LogP contribution < -0.4 is 10.1 Å². The van der Waals surface area contributed by atoms with E-state index in [-0.39, 0.29) is 24.4 Å². The fourth-order valence-electron chi connectivity index (χ4n) is 3.08. The Labute approximate surface area is 149 Å². The molecule has 0 bridgehead atoms. The predicted molar refractivity (Wildman–Crippen MR) is 100.0 cm³/mol. The van der Waals surface area contributed by atoms with Crippen molar-refractivity contribution in [2.75, 3.05) is 26.2 Å². The molecule has 130 valence electrons. The summed E-state index contributed by atoms with van der Waals surface area (Å²) in [5.41, 5.74) is 0. The van der Waals surface area contributed by atoms with Gasteiger partial charge < -0.3 is 15.0 Å². The summed E-state index contributed by atoms with van der Waals surface area (Å²) in [5, 5.41) is 5.61. The summed E-state index contributed by atoms with van der Waals surface area (Å²) in [6.45, 7) is 5.25. The van der Waals surface area contributed by atoms with Crippen LogP contribution in [-0.2, 0) is 4.79 Å². The van der Waals surface area contributed by atoms with E-state index in [4.69, 9.17) is 4.74 Å². The zero-order chi connectivity index (χ0) is 16.1. The van der Waals surface area contributed by atoms with Gasteiger partial charge in [-0.15, -0.1) is 12.4 Å². The molecule has 2 aromatic rings. The SMILES string of the molecule is CC1CNCCN1C(=O)CCCOc1cccc2ccccc12.Cl. The highest BCUT2D eigenvalue weighted by Crippen LogP contribution is 2.25. The van der Waals surface area contributed by atoms with Gasteiger partial charge in [0.25, 0.3) is 0 Å². The first-order chi connectivity index (χ1) is 11.3. The van der Waals surface area contributed by atoms with Crippen LogP contribution in [-0.4, -0.2) is 43.1 Å². The van der Waals surface area contributed by atoms with Crippen LogP contribution in [0.2, 0.25) is 0 Å². The number of nitrogens with one attached hydrogen (secondary N) is 1. The molecule has 4 nitrogen and oxygen atoms in total. The Morgan fingerprint density at radius 3 is 2.88 bits per heavy atom. The van der Waals surface area contributed by atoms with Crippen LogP contribution in [0.4, 0.5) is 0 Å². The molecule has 0 aliphatic carbocycles. The first-order valence-electron chi connectivity index (χ1n) is 8.36. The van der Waals surface area contributed by atoms with E-state index in [2.05, 4.69) is 30.4 Å². The second-order valence-corrected chi connectivity index (χ2v) is 6.07. The number of carbonyl (C=O) groups excluding carboxylic acids is 1. The minimum Gasteiger partial charge on any atom is -0.493 e. The third-order valence-corrected chi connectivity index (χ3v) is 4.36. The van der Waals surface area contributed by atoms with E-state index < -0.39 is 0 Å². The van der Waals surface area contributed by atoms with Gasteiger partial charge in [0.05, 0.1) is 6.61 Å². The van der Waals surface area contributed by atoms with Crippen molar-refractivity contribution < 1.29 is 9.53 Å². The van der Waals surface area contributed by atoms with Crippen molar-refractivity contribution in [3.63, 3.8) is 0 Å². The number of amides is 1. The number of ether oxygens (including phenoxy) is 1. The summed E-state index contributed by atoms with van der Waals surface area (Å²) in [4.78, 5) is 14.3. The monoisotopic (exact) mass is 348 g/mol. The quantitative estimate of drug-likeness (QED) is 0.843. The van der Waals surface area contributed by atoms with Gasteiger partial charge in [0.15, 0.2) is 0 Å². The molecule has 24 heavy (non-hydrogen) atoms. The molecular formula is C19H25ClN2O2. The van der Waals surface area contributed by atoms with Gasteiger partial charge in [-0.05, 0) is 24.8 Å². The number of fused-ring (bicyclic) bond motifs is 1. The Hall–Kier alpha value is -1.78. The van der Waals surface area contributed by atoms with Gasteiger partial charge in [-0.2, -0.15) is 0 Å². The second kappa shape index (κ2) is 8.90. The van der Waals surface area contributed by atoms with Crippen LogP contribution in [0.1, 0.15) is 19.8 Å². The maximum Gasteiger partial charge on any atom is 0.223 e. The fourth-order valence-corrected chi connectivity index (χ4v) is 3.08. The van der Waals surface area contributed by atoms with Crippen LogP contribution in [0.5, 0.6) is 5.75 Å². The zero-order valence-electron chi connectivity index (χ0n) is 14.0. The van der Waals surface area contributed by atoms with Crippen molar-refractivity contribution in [2.24, 2.45) is 0 Å². The second-order valence-electron chi connectivity index (χ2n) is 6.07. The minimum atomic E-state index is 0. The molecule has 1 heterocycles. The number of carbonyl (C=O) groups is 1. The molecule has 0 saturated carbocycles. The molecule has 0 radical (unpaired) electrons. The lowest BCUT2D eigenvalue weighted by Crippen LogP contribution is -2.52. The predicted octanol–water partition coefficient (Wildman–Crippen LogP) is 3.24. The number of piperazine rings is 1. The Morgan fingerprint density at radius 1 is 1.25 bits per heavy atom. The molecule has 1 aliphatic heterocycles. The van der Waals surface area contributed by atoms with Gasteiger partial charge in [0, 0.05) is 37.5 Å². The molecule has 1 aliphatic rings. The van der Waals surface area contributed by atoms with Gasteiger partial charge in [-0.1, -0.05) is 36.4 Å². The van der Waals surface area contributed by atoms with Gasteiger partial charge in [0.1, 0.15) is 5.75 Å². The Morgan fingerprint density at radius 2 is 2.04 bits per heavy atom. The number of hydrogen-bond donors (Lipinski definition) is 1. The average Bonchev–Trinajstić information content (AvgIpc) is 2.59. The summed E-state index contributed by atoms with van der Waals surface area (Å²) in [6.07, 6.45) is 1.30. The van der Waals surface area contributed by atoms with E-state index in [0.29, 0.717) is 13.0 Å². The van der Waals surface area contributed by atoms with E-state index in [9.17, 15) is 4.79 Å². The topological polar surface area (TPSA) is 41.6 Å². The molecule has 0 spiro atoms. The normalized spacial score (nSPS) is 17.4. The summed E-state index contributed by atoms with van der Waals surface area (Å²) in [7, 11) is 0. The highest BCUT2D eigenvalue weighted by molar-refractivity contribution is 5.88. The lowest BCUT2D eigenvalue weighted by atomic mass is 10.1. The largest absolute Gasteiger partial charge is 0.493 e. The molecule has 1 amide bonds. The number of benzene rings is 2. The third kappa shape index (κ3) is 4.40. The maximum absolute atomic E-state index is 12.3. The molecule has 3 rings (SSSR count). The van der Waals surface area contributed by atoms with Crippen molar-refractivity contribution >= 4 is 29.1 Å². The fraction of sp³-hybridized carbons (Fsp3) is 0.421. The van der Waals surface area contributed by atoms with Crippen LogP contribution in [0.25, 0.3) is 10.8 Å². The molecule has 1 unspecified atom stereocenters. The summed E-state index contributed by atoms with van der Waals surface area (Å²) in [6, 6.07) is 14.6. The average molecular weight is 349 g/mol. The molecule has 0 aromatic heterocycles. The maximum atomic E-state index is 12.3. The zero-order valence-corrected chi connectivity index (χ0v) is 14.8. The van der Waals surface area contributed by atoms with Gasteiger partial charge >= 0.3 is 0 Å². The van der Waals surface area contributed by atoms with E-state index in [1.807, 2.05) is 29.2 Å². The van der Waals surface area contributed by atoms with Gasteiger partial charge in [-0.3, -0.25) is 4.79 Å². The summed E-state index contributed by atoms with van der Waals surface area (Å²) < 4.78 is 5.90. The Kier molecular flexibility index (Phi) is 6.88. The molecule has 1 saturated heterocycles. The molecule has 2 aromatic carbocycles. The number of halogens is 1. The van der Waals surface area contributed by atoms with E-state index in [0.717, 1.165) is 37.2 Å². The standard InChI is InChI=1S/C19H24N2O2.ClH/c1-15-14-20-11-12-21(15)19(22)10-5-13-23-18-9-4-7-16-6-2-3-8-17(16)18;/h2-4,6-9,15,20H,5,10-14H2,1H3;1H. The van der Waals surface area contributed by atoms with Crippen molar-refractivity contribution in [1.82, 2.24) is 10.2 Å². The lowest BCUT2D eigenvalue weighted by Gasteiger charge is -2.34. The Balaban J connectivity index is 0.00000208. The van der Waals surface area contributed by atoms with Gasteiger partial charge in [0.2, 0.25) is 5.91 Å². The van der Waals surface area contributed by atoms with Crippen molar-refractivity contribution in [2.45, 2.75) is 25.8 Å². The van der Waals surface area contributed by atoms with Crippen LogP contribution >= 0.6 is 12.4 Å². The molecule has 1 atom stereocenters. The van der Waals surface area contributed by atoms with Crippen LogP contribution in [0.3, 0.4) is 0 Å². The summed E-state index contributed by atoms with van der Waals surface area (Å²) in [5.74, 6) is 1.13. The van der Waals surface area contributed by atoms with Crippen molar-refractivity contribution in [3.05, 3.63) is 42.5 Å². The smallest absolute Gasteiger partial charge is 0.223 e. The first kappa shape index (κ1) is 18.6. The number of rotatable bonds is 5. The lowest BCUT2D eigenvalue weighted by molar-refractivity contribution is -0.134.